The van der Waals surface area contributed by atoms with E-state index in [-0.39, 0.29) is 11.9 Å². The second kappa shape index (κ2) is 11.6. The van der Waals surface area contributed by atoms with Gasteiger partial charge in [0.1, 0.15) is 0 Å². The lowest BCUT2D eigenvalue weighted by Gasteiger charge is -2.42. The Morgan fingerprint density at radius 2 is 1.36 bits per heavy atom. The number of halogens is 1. The summed E-state index contributed by atoms with van der Waals surface area (Å²) >= 11 is 6.39. The molecule has 0 aromatic heterocycles. The van der Waals surface area contributed by atoms with E-state index in [4.69, 9.17) is 11.6 Å². The van der Waals surface area contributed by atoms with Crippen molar-refractivity contribution in [1.82, 2.24) is 9.80 Å². The molecule has 1 fully saturated rings. The van der Waals surface area contributed by atoms with Gasteiger partial charge in [-0.3, -0.25) is 9.69 Å². The van der Waals surface area contributed by atoms with E-state index in [0.717, 1.165) is 54.3 Å². The van der Waals surface area contributed by atoms with Crippen LogP contribution in [0.25, 0.3) is 11.1 Å². The maximum atomic E-state index is 13.3. The summed E-state index contributed by atoms with van der Waals surface area (Å²) in [5.74, 6) is 0.214. The summed E-state index contributed by atoms with van der Waals surface area (Å²) in [4.78, 5) is 17.9. The van der Waals surface area contributed by atoms with E-state index in [1.54, 1.807) is 0 Å². The quantitative estimate of drug-likeness (QED) is 0.292. The average molecular weight is 495 g/mol. The lowest BCUT2D eigenvalue weighted by Crippen LogP contribution is -2.56. The third kappa shape index (κ3) is 6.04. The van der Waals surface area contributed by atoms with Crippen molar-refractivity contribution in [3.8, 4) is 11.1 Å². The van der Waals surface area contributed by atoms with Crippen LogP contribution in [0.1, 0.15) is 16.7 Å². The van der Waals surface area contributed by atoms with Crippen LogP contribution >= 0.6 is 11.6 Å². The molecule has 3 nitrogen and oxygen atoms in total. The molecule has 1 aliphatic rings. The molecule has 4 aromatic carbocycles. The molecule has 1 saturated heterocycles. The molecule has 36 heavy (non-hydrogen) atoms. The standard InChI is InChI=1S/C32H31ClN2O/c33-31-14-8-7-13-30(31)28-17-15-27(16-18-28)23-34-19-20-35(32(36)22-26-11-5-2-6-12-26)29(24-34)21-25-9-3-1-4-10-25/h1-18,29H,19-24H2/t29-/m1/s1. The molecule has 1 atom stereocenters. The first-order chi connectivity index (χ1) is 17.7. The number of benzene rings is 4. The van der Waals surface area contributed by atoms with E-state index in [9.17, 15) is 4.79 Å². The molecule has 1 amide bonds. The van der Waals surface area contributed by atoms with Crippen molar-refractivity contribution in [1.29, 1.82) is 0 Å². The first kappa shape index (κ1) is 24.3. The van der Waals surface area contributed by atoms with Gasteiger partial charge in [-0.05, 0) is 34.7 Å². The molecule has 5 rings (SSSR count). The Hall–Kier alpha value is -3.40. The van der Waals surface area contributed by atoms with Gasteiger partial charge in [0.15, 0.2) is 0 Å². The Morgan fingerprint density at radius 3 is 2.06 bits per heavy atom. The van der Waals surface area contributed by atoms with Gasteiger partial charge in [-0.2, -0.15) is 0 Å². The van der Waals surface area contributed by atoms with Gasteiger partial charge < -0.3 is 4.90 Å². The zero-order chi connectivity index (χ0) is 24.7. The van der Waals surface area contributed by atoms with E-state index in [1.165, 1.54) is 11.1 Å². The van der Waals surface area contributed by atoms with Crippen LogP contribution in [0.15, 0.2) is 109 Å². The SMILES string of the molecule is O=C(Cc1ccccc1)N1CCN(Cc2ccc(-c3ccccc3Cl)cc2)C[C@H]1Cc1ccccc1. The third-order valence-corrected chi connectivity index (χ3v) is 7.27. The number of hydrogen-bond acceptors (Lipinski definition) is 2. The summed E-state index contributed by atoms with van der Waals surface area (Å²) in [6.45, 7) is 3.36. The first-order valence-corrected chi connectivity index (χ1v) is 13.0. The van der Waals surface area contributed by atoms with Gasteiger partial charge >= 0.3 is 0 Å². The second-order valence-corrected chi connectivity index (χ2v) is 9.91. The minimum Gasteiger partial charge on any atom is -0.337 e. The molecule has 0 N–H and O–H groups in total. The van der Waals surface area contributed by atoms with Crippen LogP contribution in [-0.2, 0) is 24.2 Å². The normalized spacial score (nSPS) is 16.1. The molecular formula is C32H31ClN2O. The van der Waals surface area contributed by atoms with E-state index >= 15 is 0 Å². The molecule has 0 saturated carbocycles. The summed E-state index contributed by atoms with van der Waals surface area (Å²) in [6.07, 6.45) is 1.32. The first-order valence-electron chi connectivity index (χ1n) is 12.6. The Bertz CT molecular complexity index is 1270. The van der Waals surface area contributed by atoms with Crippen molar-refractivity contribution in [3.05, 3.63) is 131 Å². The van der Waals surface area contributed by atoms with E-state index in [0.29, 0.717) is 6.42 Å². The van der Waals surface area contributed by atoms with Crippen LogP contribution < -0.4 is 0 Å². The van der Waals surface area contributed by atoms with E-state index in [2.05, 4.69) is 64.4 Å². The zero-order valence-corrected chi connectivity index (χ0v) is 21.1. The van der Waals surface area contributed by atoms with Crippen molar-refractivity contribution in [2.75, 3.05) is 19.6 Å². The largest absolute Gasteiger partial charge is 0.337 e. The van der Waals surface area contributed by atoms with Crippen LogP contribution in [0.4, 0.5) is 0 Å². The number of carbonyl (C=O) groups excluding carboxylic acids is 1. The fraction of sp³-hybridized carbons (Fsp3) is 0.219. The predicted molar refractivity (Wildman–Crippen MR) is 148 cm³/mol. The van der Waals surface area contributed by atoms with Crippen molar-refractivity contribution in [3.63, 3.8) is 0 Å². The van der Waals surface area contributed by atoms with Crippen LogP contribution in [0.5, 0.6) is 0 Å². The fourth-order valence-electron chi connectivity index (χ4n) is 5.07. The molecule has 0 aliphatic carbocycles. The highest BCUT2D eigenvalue weighted by molar-refractivity contribution is 6.33. The van der Waals surface area contributed by atoms with Gasteiger partial charge in [0.05, 0.1) is 6.42 Å². The van der Waals surface area contributed by atoms with Gasteiger partial charge in [0.25, 0.3) is 0 Å². The highest BCUT2D eigenvalue weighted by Gasteiger charge is 2.30. The predicted octanol–water partition coefficient (Wildman–Crippen LogP) is 6.51. The maximum Gasteiger partial charge on any atom is 0.227 e. The summed E-state index contributed by atoms with van der Waals surface area (Å²) in [7, 11) is 0. The summed E-state index contributed by atoms with van der Waals surface area (Å²) < 4.78 is 0. The topological polar surface area (TPSA) is 23.6 Å². The molecule has 4 heteroatoms. The highest BCUT2D eigenvalue weighted by atomic mass is 35.5. The Balaban J connectivity index is 1.28. The number of hydrogen-bond donors (Lipinski definition) is 0. The molecule has 1 aliphatic heterocycles. The number of piperazine rings is 1. The summed E-state index contributed by atoms with van der Waals surface area (Å²) in [5.41, 5.74) is 5.79. The molecule has 4 aromatic rings. The number of nitrogens with zero attached hydrogens (tertiary/aromatic N) is 2. The lowest BCUT2D eigenvalue weighted by molar-refractivity contribution is -0.135. The summed E-state index contributed by atoms with van der Waals surface area (Å²) in [6, 6.07) is 37.4. The van der Waals surface area contributed by atoms with E-state index in [1.807, 2.05) is 54.6 Å². The second-order valence-electron chi connectivity index (χ2n) is 9.50. The zero-order valence-electron chi connectivity index (χ0n) is 20.4. The van der Waals surface area contributed by atoms with Gasteiger partial charge in [0, 0.05) is 42.8 Å². The Morgan fingerprint density at radius 1 is 0.722 bits per heavy atom. The minimum absolute atomic E-state index is 0.153. The van der Waals surface area contributed by atoms with Gasteiger partial charge in [-0.25, -0.2) is 0 Å². The van der Waals surface area contributed by atoms with Crippen LogP contribution in [0.2, 0.25) is 5.02 Å². The lowest BCUT2D eigenvalue weighted by atomic mass is 10.00. The maximum absolute atomic E-state index is 13.3. The monoisotopic (exact) mass is 494 g/mol. The van der Waals surface area contributed by atoms with Crippen molar-refractivity contribution < 1.29 is 4.79 Å². The Kier molecular flexibility index (Phi) is 7.80. The molecule has 1 heterocycles. The third-order valence-electron chi connectivity index (χ3n) is 6.94. The van der Waals surface area contributed by atoms with Crippen LogP contribution in [-0.4, -0.2) is 41.4 Å². The smallest absolute Gasteiger partial charge is 0.227 e. The summed E-state index contributed by atoms with van der Waals surface area (Å²) in [5, 5.41) is 0.769. The number of carbonyl (C=O) groups is 1. The minimum atomic E-state index is 0.153. The van der Waals surface area contributed by atoms with E-state index < -0.39 is 0 Å². The number of rotatable bonds is 7. The highest BCUT2D eigenvalue weighted by Crippen LogP contribution is 2.28. The molecule has 0 unspecified atom stereocenters. The van der Waals surface area contributed by atoms with Gasteiger partial charge in [0.2, 0.25) is 5.91 Å². The molecule has 0 radical (unpaired) electrons. The molecular weight excluding hydrogens is 464 g/mol. The molecule has 0 spiro atoms. The molecule has 182 valence electrons. The van der Waals surface area contributed by atoms with Gasteiger partial charge in [-0.1, -0.05) is 115 Å². The number of amides is 1. The van der Waals surface area contributed by atoms with Crippen LogP contribution in [0.3, 0.4) is 0 Å². The van der Waals surface area contributed by atoms with Crippen molar-refractivity contribution in [2.24, 2.45) is 0 Å². The van der Waals surface area contributed by atoms with Gasteiger partial charge in [-0.15, -0.1) is 0 Å². The van der Waals surface area contributed by atoms with Crippen LogP contribution in [0, 0.1) is 0 Å². The average Bonchev–Trinajstić information content (AvgIpc) is 2.91. The van der Waals surface area contributed by atoms with Crippen molar-refractivity contribution >= 4 is 17.5 Å². The fourth-order valence-corrected chi connectivity index (χ4v) is 5.31. The molecule has 0 bridgehead atoms. The Labute approximate surface area is 219 Å². The van der Waals surface area contributed by atoms with Crippen molar-refractivity contribution in [2.45, 2.75) is 25.4 Å².